The van der Waals surface area contributed by atoms with E-state index in [1.54, 1.807) is 25.1 Å². The zero-order valence-corrected chi connectivity index (χ0v) is 20.4. The van der Waals surface area contributed by atoms with Crippen molar-refractivity contribution in [1.82, 2.24) is 29.5 Å². The molecule has 184 valence electrons. The average Bonchev–Trinajstić information content (AvgIpc) is 3.22. The van der Waals surface area contributed by atoms with Crippen molar-refractivity contribution in [3.63, 3.8) is 0 Å². The Morgan fingerprint density at radius 3 is 2.60 bits per heavy atom. The Balaban J connectivity index is 1.43. The summed E-state index contributed by atoms with van der Waals surface area (Å²) >= 11 is 0. The van der Waals surface area contributed by atoms with Crippen LogP contribution in [0.15, 0.2) is 36.7 Å². The molecule has 0 spiro atoms. The number of rotatable bonds is 7. The molecule has 1 aliphatic heterocycles. The normalized spacial score (nSPS) is 16.0. The molecule has 1 aromatic carbocycles. The third-order valence-electron chi connectivity index (χ3n) is 6.86. The van der Waals surface area contributed by atoms with E-state index < -0.39 is 0 Å². The first-order valence-corrected chi connectivity index (χ1v) is 12.2. The predicted molar refractivity (Wildman–Crippen MR) is 132 cm³/mol. The topological polar surface area (TPSA) is 85.6 Å². The van der Waals surface area contributed by atoms with Gasteiger partial charge < -0.3 is 14.4 Å². The van der Waals surface area contributed by atoms with Crippen molar-refractivity contribution in [3.05, 3.63) is 59.0 Å². The van der Waals surface area contributed by atoms with Gasteiger partial charge in [-0.05, 0) is 30.4 Å². The number of aromatic nitrogens is 4. The van der Waals surface area contributed by atoms with Gasteiger partial charge >= 0.3 is 0 Å². The number of hydrogen-bond donors (Lipinski definition) is 0. The number of fused-ring (bicyclic) bond motifs is 3. The van der Waals surface area contributed by atoms with Crippen LogP contribution in [0.1, 0.15) is 33.6 Å². The Morgan fingerprint density at radius 1 is 1.00 bits per heavy atom. The number of carbonyl (C=O) groups is 1. The molecule has 9 nitrogen and oxygen atoms in total. The number of nitrogens with zero attached hydrogens (tertiary/aromatic N) is 6. The van der Waals surface area contributed by atoms with E-state index in [1.807, 2.05) is 17.2 Å². The van der Waals surface area contributed by atoms with E-state index in [4.69, 9.17) is 14.5 Å². The third kappa shape index (κ3) is 4.84. The van der Waals surface area contributed by atoms with E-state index in [0.29, 0.717) is 36.9 Å². The lowest BCUT2D eigenvalue weighted by Crippen LogP contribution is -2.49. The van der Waals surface area contributed by atoms with Crippen LogP contribution in [0.2, 0.25) is 0 Å². The Labute approximate surface area is 205 Å². The number of piperazine rings is 1. The highest BCUT2D eigenvalue weighted by Crippen LogP contribution is 2.31. The van der Waals surface area contributed by atoms with Crippen LogP contribution in [0.4, 0.5) is 0 Å². The average molecular weight is 477 g/mol. The predicted octanol–water partition coefficient (Wildman–Crippen LogP) is 2.37. The van der Waals surface area contributed by atoms with Gasteiger partial charge in [0.1, 0.15) is 0 Å². The summed E-state index contributed by atoms with van der Waals surface area (Å²) in [6, 6.07) is 8.41. The lowest BCUT2D eigenvalue weighted by atomic mass is 10.0. The zero-order chi connectivity index (χ0) is 24.2. The first kappa shape index (κ1) is 23.6. The molecule has 0 atom stereocenters. The first-order valence-electron chi connectivity index (χ1n) is 12.2. The summed E-state index contributed by atoms with van der Waals surface area (Å²) in [6.45, 7) is 4.82. The molecule has 0 radical (unpaired) electrons. The SMILES string of the molecule is COCCN1CCN(C(=O)c2cnn(-c3ncc4c(n3)-c3ccccc3CCC4)c2COC)CC1. The number of amides is 1. The molecular formula is C26H32N6O3. The fraction of sp³-hybridized carbons (Fsp3) is 0.462. The van der Waals surface area contributed by atoms with Crippen LogP contribution in [0, 0.1) is 0 Å². The summed E-state index contributed by atoms with van der Waals surface area (Å²) in [6.07, 6.45) is 6.56. The summed E-state index contributed by atoms with van der Waals surface area (Å²) in [7, 11) is 3.33. The molecule has 0 unspecified atom stereocenters. The minimum absolute atomic E-state index is 0.0326. The molecule has 1 saturated heterocycles. The van der Waals surface area contributed by atoms with E-state index in [0.717, 1.165) is 55.7 Å². The van der Waals surface area contributed by atoms with Crippen LogP contribution in [-0.4, -0.2) is 89.0 Å². The van der Waals surface area contributed by atoms with E-state index in [-0.39, 0.29) is 12.5 Å². The number of hydrogen-bond acceptors (Lipinski definition) is 7. The molecule has 0 N–H and O–H groups in total. The smallest absolute Gasteiger partial charge is 0.257 e. The molecule has 0 bridgehead atoms. The van der Waals surface area contributed by atoms with Gasteiger partial charge in [0.25, 0.3) is 11.9 Å². The second-order valence-electron chi connectivity index (χ2n) is 9.03. The van der Waals surface area contributed by atoms with Gasteiger partial charge in [0.2, 0.25) is 0 Å². The molecule has 1 fully saturated rings. The van der Waals surface area contributed by atoms with Gasteiger partial charge in [-0.25, -0.2) is 9.97 Å². The number of methoxy groups -OCH3 is 2. The highest BCUT2D eigenvalue weighted by Gasteiger charge is 2.27. The summed E-state index contributed by atoms with van der Waals surface area (Å²) in [5.74, 6) is 0.422. The van der Waals surface area contributed by atoms with Crippen molar-refractivity contribution < 1.29 is 14.3 Å². The van der Waals surface area contributed by atoms with Crippen LogP contribution >= 0.6 is 0 Å². The lowest BCUT2D eigenvalue weighted by Gasteiger charge is -2.34. The van der Waals surface area contributed by atoms with Crippen molar-refractivity contribution in [2.75, 3.05) is 53.6 Å². The highest BCUT2D eigenvalue weighted by atomic mass is 16.5. The Hall–Kier alpha value is -3.14. The van der Waals surface area contributed by atoms with Crippen molar-refractivity contribution in [2.24, 2.45) is 0 Å². The molecule has 0 saturated carbocycles. The molecule has 2 aromatic heterocycles. The van der Waals surface area contributed by atoms with E-state index in [9.17, 15) is 4.79 Å². The van der Waals surface area contributed by atoms with Crippen LogP contribution in [0.5, 0.6) is 0 Å². The summed E-state index contributed by atoms with van der Waals surface area (Å²) in [5.41, 5.74) is 5.74. The van der Waals surface area contributed by atoms with Crippen LogP contribution in [0.25, 0.3) is 17.2 Å². The highest BCUT2D eigenvalue weighted by molar-refractivity contribution is 5.95. The van der Waals surface area contributed by atoms with E-state index in [2.05, 4.69) is 33.2 Å². The zero-order valence-electron chi connectivity index (χ0n) is 20.4. The maximum atomic E-state index is 13.4. The van der Waals surface area contributed by atoms with Crippen LogP contribution in [-0.2, 0) is 28.9 Å². The van der Waals surface area contributed by atoms with Gasteiger partial charge in [-0.3, -0.25) is 9.69 Å². The number of carbonyl (C=O) groups excluding carboxylic acids is 1. The molecule has 35 heavy (non-hydrogen) atoms. The van der Waals surface area contributed by atoms with Gasteiger partial charge in [-0.15, -0.1) is 0 Å². The molecular weight excluding hydrogens is 444 g/mol. The Bertz CT molecular complexity index is 1190. The quantitative estimate of drug-likeness (QED) is 0.518. The minimum Gasteiger partial charge on any atom is -0.383 e. The van der Waals surface area contributed by atoms with Crippen LogP contribution in [0.3, 0.4) is 0 Å². The minimum atomic E-state index is -0.0326. The molecule has 1 aliphatic carbocycles. The van der Waals surface area contributed by atoms with Gasteiger partial charge in [-0.2, -0.15) is 9.78 Å². The van der Waals surface area contributed by atoms with Crippen molar-refractivity contribution in [3.8, 4) is 17.2 Å². The second kappa shape index (κ2) is 10.6. The standard InChI is InChI=1S/C26H32N6O3/c1-34-15-14-30-10-12-31(13-11-30)25(33)22-17-28-32(23(22)18-35-2)26-27-16-20-8-5-7-19-6-3-4-9-21(19)24(20)29-26/h3-4,6,9,16-17H,5,7-8,10-15,18H2,1-2H3. The Morgan fingerprint density at radius 2 is 1.80 bits per heavy atom. The van der Waals surface area contributed by atoms with Gasteiger partial charge in [0, 0.05) is 58.7 Å². The number of benzene rings is 1. The van der Waals surface area contributed by atoms with Crippen LogP contribution < -0.4 is 0 Å². The van der Waals surface area contributed by atoms with E-state index >= 15 is 0 Å². The molecule has 2 aliphatic rings. The summed E-state index contributed by atoms with van der Waals surface area (Å²) in [4.78, 5) is 27.2. The first-order chi connectivity index (χ1) is 17.2. The fourth-order valence-corrected chi connectivity index (χ4v) is 4.92. The van der Waals surface area contributed by atoms with Crippen molar-refractivity contribution in [1.29, 1.82) is 0 Å². The van der Waals surface area contributed by atoms with Gasteiger partial charge in [0.05, 0.1) is 36.4 Å². The maximum Gasteiger partial charge on any atom is 0.257 e. The molecule has 3 aromatic rings. The number of aryl methyl sites for hydroxylation is 2. The van der Waals surface area contributed by atoms with Crippen molar-refractivity contribution in [2.45, 2.75) is 25.9 Å². The molecule has 1 amide bonds. The fourth-order valence-electron chi connectivity index (χ4n) is 4.92. The lowest BCUT2D eigenvalue weighted by molar-refractivity contribution is 0.0590. The van der Waals surface area contributed by atoms with Gasteiger partial charge in [0.15, 0.2) is 0 Å². The third-order valence-corrected chi connectivity index (χ3v) is 6.86. The Kier molecular flexibility index (Phi) is 7.17. The molecule has 3 heterocycles. The van der Waals surface area contributed by atoms with E-state index in [1.165, 1.54) is 5.56 Å². The largest absolute Gasteiger partial charge is 0.383 e. The molecule has 5 rings (SSSR count). The second-order valence-corrected chi connectivity index (χ2v) is 9.03. The maximum absolute atomic E-state index is 13.4. The molecule has 9 heteroatoms. The van der Waals surface area contributed by atoms with Gasteiger partial charge in [-0.1, -0.05) is 24.3 Å². The monoisotopic (exact) mass is 476 g/mol. The number of ether oxygens (including phenoxy) is 2. The summed E-state index contributed by atoms with van der Waals surface area (Å²) < 4.78 is 12.3. The summed E-state index contributed by atoms with van der Waals surface area (Å²) in [5, 5.41) is 4.54. The van der Waals surface area contributed by atoms with Crippen molar-refractivity contribution >= 4 is 5.91 Å².